The first-order chi connectivity index (χ1) is 12.5. The molecule has 0 aliphatic carbocycles. The first-order valence-corrected chi connectivity index (χ1v) is 7.98. The van der Waals surface area contributed by atoms with Crippen molar-refractivity contribution in [3.05, 3.63) is 89.6 Å². The van der Waals surface area contributed by atoms with Gasteiger partial charge in [0.15, 0.2) is 5.76 Å². The number of nitrogens with zero attached hydrogens (tertiary/aromatic N) is 1. The summed E-state index contributed by atoms with van der Waals surface area (Å²) in [5.41, 5.74) is 1.44. The molecule has 0 bridgehead atoms. The average molecular weight is 352 g/mol. The highest BCUT2D eigenvalue weighted by molar-refractivity contribution is 6.02. The molecule has 132 valence electrons. The molecule has 3 aromatic rings. The van der Waals surface area contributed by atoms with Gasteiger partial charge in [-0.2, -0.15) is 0 Å². The second-order valence-corrected chi connectivity index (χ2v) is 5.76. The van der Waals surface area contributed by atoms with Crippen LogP contribution in [0, 0.1) is 5.82 Å². The summed E-state index contributed by atoms with van der Waals surface area (Å²) < 4.78 is 18.7. The molecule has 1 N–H and O–H groups in total. The minimum Gasteiger partial charge on any atom is -0.459 e. The molecule has 2 amide bonds. The van der Waals surface area contributed by atoms with Crippen molar-refractivity contribution < 1.29 is 18.4 Å². The van der Waals surface area contributed by atoms with Gasteiger partial charge in [-0.15, -0.1) is 0 Å². The molecule has 0 unspecified atom stereocenters. The lowest BCUT2D eigenvalue weighted by molar-refractivity contribution is 0.0783. The van der Waals surface area contributed by atoms with Crippen LogP contribution < -0.4 is 5.32 Å². The third-order valence-corrected chi connectivity index (χ3v) is 3.85. The van der Waals surface area contributed by atoms with Crippen molar-refractivity contribution in [2.24, 2.45) is 0 Å². The molecule has 0 spiro atoms. The van der Waals surface area contributed by atoms with E-state index in [9.17, 15) is 14.0 Å². The van der Waals surface area contributed by atoms with Crippen molar-refractivity contribution in [1.29, 1.82) is 0 Å². The molecule has 0 radical (unpaired) electrons. The van der Waals surface area contributed by atoms with Gasteiger partial charge >= 0.3 is 0 Å². The zero-order valence-corrected chi connectivity index (χ0v) is 14.1. The monoisotopic (exact) mass is 352 g/mol. The Hall–Kier alpha value is -3.41. The van der Waals surface area contributed by atoms with Crippen LogP contribution in [0.25, 0.3) is 0 Å². The summed E-state index contributed by atoms with van der Waals surface area (Å²) in [7, 11) is 1.61. The Morgan fingerprint density at radius 3 is 2.42 bits per heavy atom. The van der Waals surface area contributed by atoms with Gasteiger partial charge in [0.2, 0.25) is 0 Å². The van der Waals surface area contributed by atoms with Crippen LogP contribution in [0.5, 0.6) is 0 Å². The first-order valence-electron chi connectivity index (χ1n) is 7.98. The number of nitrogens with one attached hydrogen (secondary N) is 1. The van der Waals surface area contributed by atoms with E-state index in [0.29, 0.717) is 16.8 Å². The third kappa shape index (κ3) is 3.97. The van der Waals surface area contributed by atoms with Crippen LogP contribution in [0.2, 0.25) is 0 Å². The summed E-state index contributed by atoms with van der Waals surface area (Å²) in [4.78, 5) is 25.8. The van der Waals surface area contributed by atoms with E-state index in [1.165, 1.54) is 17.2 Å². The van der Waals surface area contributed by atoms with Gasteiger partial charge in [-0.25, -0.2) is 4.39 Å². The van der Waals surface area contributed by atoms with Crippen LogP contribution >= 0.6 is 0 Å². The molecule has 0 saturated heterocycles. The Morgan fingerprint density at radius 1 is 1.04 bits per heavy atom. The maximum absolute atomic E-state index is 13.7. The minimum absolute atomic E-state index is 0.169. The fourth-order valence-corrected chi connectivity index (χ4v) is 2.47. The van der Waals surface area contributed by atoms with Gasteiger partial charge in [0.25, 0.3) is 11.8 Å². The topological polar surface area (TPSA) is 62.6 Å². The third-order valence-electron chi connectivity index (χ3n) is 3.85. The number of halogens is 1. The zero-order valence-electron chi connectivity index (χ0n) is 14.1. The number of rotatable bonds is 5. The Balaban J connectivity index is 1.65. The Morgan fingerprint density at radius 2 is 1.77 bits per heavy atom. The summed E-state index contributed by atoms with van der Waals surface area (Å²) in [6.07, 6.45) is 1.42. The lowest BCUT2D eigenvalue weighted by Gasteiger charge is -2.18. The van der Waals surface area contributed by atoms with E-state index >= 15 is 0 Å². The number of furan rings is 1. The standard InChI is InChI=1S/C20H17FN2O3/c1-23(13-15-5-2-3-6-17(15)21)20(25)14-8-10-16(11-9-14)22-19(24)18-7-4-12-26-18/h2-12H,13H2,1H3,(H,22,24). The van der Waals surface area contributed by atoms with Crippen LogP contribution in [0.4, 0.5) is 10.1 Å². The molecule has 3 rings (SSSR count). The smallest absolute Gasteiger partial charge is 0.291 e. The van der Waals surface area contributed by atoms with Crippen molar-refractivity contribution in [1.82, 2.24) is 4.90 Å². The van der Waals surface area contributed by atoms with Crippen LogP contribution in [0.15, 0.2) is 71.3 Å². The van der Waals surface area contributed by atoms with Gasteiger partial charge < -0.3 is 14.6 Å². The predicted octanol–water partition coefficient (Wildman–Crippen LogP) is 3.94. The van der Waals surface area contributed by atoms with Crippen LogP contribution in [-0.4, -0.2) is 23.8 Å². The molecule has 0 aliphatic heterocycles. The van der Waals surface area contributed by atoms with E-state index in [4.69, 9.17) is 4.42 Å². The number of hydrogen-bond donors (Lipinski definition) is 1. The van der Waals surface area contributed by atoms with Crippen molar-refractivity contribution >= 4 is 17.5 Å². The van der Waals surface area contributed by atoms with E-state index in [2.05, 4.69) is 5.32 Å². The van der Waals surface area contributed by atoms with Gasteiger partial charge in [-0.3, -0.25) is 9.59 Å². The Bertz CT molecular complexity index is 905. The zero-order chi connectivity index (χ0) is 18.5. The average Bonchev–Trinajstić information content (AvgIpc) is 3.18. The van der Waals surface area contributed by atoms with E-state index < -0.39 is 0 Å². The van der Waals surface area contributed by atoms with Gasteiger partial charge in [0, 0.05) is 30.4 Å². The van der Waals surface area contributed by atoms with Crippen LogP contribution in [0.1, 0.15) is 26.5 Å². The summed E-state index contributed by atoms with van der Waals surface area (Å²) in [5, 5.41) is 2.68. The molecule has 1 heterocycles. The number of carbonyl (C=O) groups is 2. The lowest BCUT2D eigenvalue weighted by Crippen LogP contribution is -2.26. The Labute approximate surface area is 150 Å². The van der Waals surface area contributed by atoms with Gasteiger partial charge in [0.1, 0.15) is 5.82 Å². The largest absolute Gasteiger partial charge is 0.459 e. The predicted molar refractivity (Wildman–Crippen MR) is 95.3 cm³/mol. The van der Waals surface area contributed by atoms with E-state index in [1.807, 2.05) is 0 Å². The summed E-state index contributed by atoms with van der Waals surface area (Å²) in [6.45, 7) is 0.169. The summed E-state index contributed by atoms with van der Waals surface area (Å²) in [6, 6.07) is 16.0. The fourth-order valence-electron chi connectivity index (χ4n) is 2.47. The minimum atomic E-state index is -0.370. The highest BCUT2D eigenvalue weighted by atomic mass is 19.1. The molecule has 6 heteroatoms. The first kappa shape index (κ1) is 17.4. The molecular formula is C20H17FN2O3. The second-order valence-electron chi connectivity index (χ2n) is 5.76. The molecule has 0 atom stereocenters. The molecule has 0 saturated carbocycles. The van der Waals surface area contributed by atoms with E-state index in [-0.39, 0.29) is 29.9 Å². The second kappa shape index (κ2) is 7.65. The number of benzene rings is 2. The van der Waals surface area contributed by atoms with E-state index in [1.54, 1.807) is 61.6 Å². The van der Waals surface area contributed by atoms with Gasteiger partial charge in [0.05, 0.1) is 6.26 Å². The van der Waals surface area contributed by atoms with Crippen LogP contribution in [0.3, 0.4) is 0 Å². The summed E-state index contributed by atoms with van der Waals surface area (Å²) >= 11 is 0. The highest BCUT2D eigenvalue weighted by Crippen LogP contribution is 2.15. The molecule has 5 nitrogen and oxygen atoms in total. The molecular weight excluding hydrogens is 335 g/mol. The molecule has 0 aliphatic rings. The van der Waals surface area contributed by atoms with Crippen molar-refractivity contribution in [2.45, 2.75) is 6.54 Å². The SMILES string of the molecule is CN(Cc1ccccc1F)C(=O)c1ccc(NC(=O)c2ccco2)cc1. The number of carbonyl (C=O) groups excluding carboxylic acids is 2. The van der Waals surface area contributed by atoms with Gasteiger partial charge in [-0.05, 0) is 42.5 Å². The van der Waals surface area contributed by atoms with Crippen LogP contribution in [-0.2, 0) is 6.54 Å². The molecule has 1 aromatic heterocycles. The number of hydrogen-bond acceptors (Lipinski definition) is 3. The van der Waals surface area contributed by atoms with E-state index in [0.717, 1.165) is 0 Å². The highest BCUT2D eigenvalue weighted by Gasteiger charge is 2.14. The molecule has 26 heavy (non-hydrogen) atoms. The number of amides is 2. The van der Waals surface area contributed by atoms with Gasteiger partial charge in [-0.1, -0.05) is 18.2 Å². The molecule has 2 aromatic carbocycles. The normalized spacial score (nSPS) is 10.4. The fraction of sp³-hybridized carbons (Fsp3) is 0.100. The lowest BCUT2D eigenvalue weighted by atomic mass is 10.1. The quantitative estimate of drug-likeness (QED) is 0.756. The Kier molecular flexibility index (Phi) is 5.12. The number of anilines is 1. The van der Waals surface area contributed by atoms with Crippen molar-refractivity contribution in [2.75, 3.05) is 12.4 Å². The van der Waals surface area contributed by atoms with Crippen molar-refractivity contribution in [3.63, 3.8) is 0 Å². The maximum Gasteiger partial charge on any atom is 0.291 e. The molecule has 0 fully saturated rings. The summed E-state index contributed by atoms with van der Waals surface area (Å²) in [5.74, 6) is -0.749. The maximum atomic E-state index is 13.7. The van der Waals surface area contributed by atoms with Crippen molar-refractivity contribution in [3.8, 4) is 0 Å².